The largest absolute Gasteiger partial charge is 0.396 e. The lowest BCUT2D eigenvalue weighted by molar-refractivity contribution is 0.0560. The lowest BCUT2D eigenvalue weighted by atomic mass is 9.99. The molecule has 2 rings (SSSR count). The van der Waals surface area contributed by atoms with E-state index in [-0.39, 0.29) is 0 Å². The molecule has 10 heavy (non-hydrogen) atoms. The Bertz CT molecular complexity index is 120. The summed E-state index contributed by atoms with van der Waals surface area (Å²) in [6.07, 6.45) is 4.12. The van der Waals surface area contributed by atoms with Gasteiger partial charge in [0.05, 0.1) is 6.10 Å². The summed E-state index contributed by atoms with van der Waals surface area (Å²) in [6, 6.07) is 0. The second kappa shape index (κ2) is 2.51. The molecule has 2 nitrogen and oxygen atoms in total. The number of aliphatic hydroxyl groups is 1. The van der Waals surface area contributed by atoms with Crippen LogP contribution in [0.5, 0.6) is 0 Å². The van der Waals surface area contributed by atoms with Crippen LogP contribution in [0.3, 0.4) is 0 Å². The van der Waals surface area contributed by atoms with Crippen molar-refractivity contribution in [3.63, 3.8) is 0 Å². The Morgan fingerprint density at radius 1 is 1.30 bits per heavy atom. The van der Waals surface area contributed by atoms with Crippen molar-refractivity contribution in [3.05, 3.63) is 0 Å². The third-order valence-electron chi connectivity index (χ3n) is 2.58. The van der Waals surface area contributed by atoms with E-state index >= 15 is 0 Å². The van der Waals surface area contributed by atoms with Crippen molar-refractivity contribution in [1.82, 2.24) is 0 Å². The van der Waals surface area contributed by atoms with Gasteiger partial charge in [0.15, 0.2) is 0 Å². The van der Waals surface area contributed by atoms with E-state index in [0.717, 1.165) is 18.9 Å². The number of rotatable bonds is 2. The molecule has 0 bridgehead atoms. The zero-order valence-corrected chi connectivity index (χ0v) is 6.12. The molecular weight excluding hydrogens is 128 g/mol. The highest BCUT2D eigenvalue weighted by molar-refractivity contribution is 4.89. The summed E-state index contributed by atoms with van der Waals surface area (Å²) in [6.45, 7) is 1.19. The van der Waals surface area contributed by atoms with Crippen molar-refractivity contribution >= 4 is 0 Å². The lowest BCUT2D eigenvalue weighted by Gasteiger charge is -2.14. The zero-order valence-electron chi connectivity index (χ0n) is 6.12. The minimum Gasteiger partial charge on any atom is -0.396 e. The van der Waals surface area contributed by atoms with Gasteiger partial charge in [0, 0.05) is 19.1 Å². The van der Waals surface area contributed by atoms with Crippen molar-refractivity contribution in [3.8, 4) is 0 Å². The van der Waals surface area contributed by atoms with Crippen LogP contribution >= 0.6 is 0 Å². The molecule has 1 aliphatic heterocycles. The second-order valence-electron chi connectivity index (χ2n) is 3.40. The molecule has 2 fully saturated rings. The molecule has 1 aliphatic carbocycles. The Morgan fingerprint density at radius 2 is 2.10 bits per heavy atom. The maximum Gasteiger partial charge on any atom is 0.0654 e. The summed E-state index contributed by atoms with van der Waals surface area (Å²) in [5.74, 6) is 1.24. The van der Waals surface area contributed by atoms with Crippen LogP contribution < -0.4 is 0 Å². The van der Waals surface area contributed by atoms with Gasteiger partial charge in [-0.25, -0.2) is 0 Å². The van der Waals surface area contributed by atoms with Crippen molar-refractivity contribution in [1.29, 1.82) is 0 Å². The number of hydrogen-bond donors (Lipinski definition) is 1. The van der Waals surface area contributed by atoms with Gasteiger partial charge in [0.25, 0.3) is 0 Å². The van der Waals surface area contributed by atoms with Gasteiger partial charge in [0.1, 0.15) is 0 Å². The van der Waals surface area contributed by atoms with Crippen LogP contribution in [0.4, 0.5) is 0 Å². The molecule has 2 atom stereocenters. The Kier molecular flexibility index (Phi) is 1.66. The number of aliphatic hydroxyl groups excluding tert-OH is 1. The van der Waals surface area contributed by atoms with E-state index in [1.165, 1.54) is 12.8 Å². The highest BCUT2D eigenvalue weighted by Crippen LogP contribution is 2.41. The zero-order chi connectivity index (χ0) is 6.97. The van der Waals surface area contributed by atoms with E-state index in [1.54, 1.807) is 0 Å². The van der Waals surface area contributed by atoms with Gasteiger partial charge in [-0.15, -0.1) is 0 Å². The van der Waals surface area contributed by atoms with Gasteiger partial charge in [-0.3, -0.25) is 0 Å². The fraction of sp³-hybridized carbons (Fsp3) is 1.00. The molecule has 0 spiro atoms. The Labute approximate surface area is 61.2 Å². The average molecular weight is 142 g/mol. The Balaban J connectivity index is 1.91. The first-order valence-electron chi connectivity index (χ1n) is 4.14. The first kappa shape index (κ1) is 6.62. The summed E-state index contributed by atoms with van der Waals surface area (Å²) < 4.78 is 5.52. The smallest absolute Gasteiger partial charge is 0.0654 e. The number of ether oxygens (including phenoxy) is 1. The van der Waals surface area contributed by atoms with Crippen molar-refractivity contribution < 1.29 is 9.84 Å². The summed E-state index contributed by atoms with van der Waals surface area (Å²) >= 11 is 0. The van der Waals surface area contributed by atoms with Crippen LogP contribution in [0.2, 0.25) is 0 Å². The topological polar surface area (TPSA) is 29.5 Å². The molecule has 0 aromatic rings. The van der Waals surface area contributed by atoms with Crippen LogP contribution in [0.1, 0.15) is 19.3 Å². The van der Waals surface area contributed by atoms with Crippen LogP contribution in [0, 0.1) is 11.8 Å². The highest BCUT2D eigenvalue weighted by Gasteiger charge is 2.39. The number of hydrogen-bond acceptors (Lipinski definition) is 2. The molecule has 0 radical (unpaired) electrons. The average Bonchev–Trinajstić information content (AvgIpc) is 2.69. The van der Waals surface area contributed by atoms with E-state index in [4.69, 9.17) is 9.84 Å². The maximum absolute atomic E-state index is 8.93. The summed E-state index contributed by atoms with van der Waals surface area (Å²) in [4.78, 5) is 0. The van der Waals surface area contributed by atoms with Crippen LogP contribution in [0.25, 0.3) is 0 Å². The standard InChI is InChI=1S/C8H14O2/c9-5-7-3-4-10-8(7)6-1-2-6/h6-9H,1-5H2. The molecule has 0 aromatic heterocycles. The van der Waals surface area contributed by atoms with E-state index < -0.39 is 0 Å². The van der Waals surface area contributed by atoms with Crippen molar-refractivity contribution in [2.75, 3.05) is 13.2 Å². The van der Waals surface area contributed by atoms with Crippen molar-refractivity contribution in [2.45, 2.75) is 25.4 Å². The van der Waals surface area contributed by atoms with Gasteiger partial charge < -0.3 is 9.84 Å². The molecule has 2 unspecified atom stereocenters. The second-order valence-corrected chi connectivity index (χ2v) is 3.40. The molecular formula is C8H14O2. The third-order valence-corrected chi connectivity index (χ3v) is 2.58. The fourth-order valence-electron chi connectivity index (χ4n) is 1.80. The van der Waals surface area contributed by atoms with E-state index in [2.05, 4.69) is 0 Å². The van der Waals surface area contributed by atoms with Gasteiger partial charge in [-0.1, -0.05) is 0 Å². The lowest BCUT2D eigenvalue weighted by Crippen LogP contribution is -2.21. The molecule has 2 aliphatic rings. The van der Waals surface area contributed by atoms with E-state index in [1.807, 2.05) is 0 Å². The predicted molar refractivity (Wildman–Crippen MR) is 37.7 cm³/mol. The third kappa shape index (κ3) is 1.06. The molecule has 2 heteroatoms. The molecule has 0 amide bonds. The van der Waals surface area contributed by atoms with Crippen LogP contribution in [-0.4, -0.2) is 24.4 Å². The highest BCUT2D eigenvalue weighted by atomic mass is 16.5. The molecule has 1 saturated heterocycles. The van der Waals surface area contributed by atoms with Gasteiger partial charge in [-0.2, -0.15) is 0 Å². The summed E-state index contributed by atoms with van der Waals surface area (Å²) in [7, 11) is 0. The Morgan fingerprint density at radius 3 is 2.70 bits per heavy atom. The summed E-state index contributed by atoms with van der Waals surface area (Å²) in [5.41, 5.74) is 0. The summed E-state index contributed by atoms with van der Waals surface area (Å²) in [5, 5.41) is 8.93. The van der Waals surface area contributed by atoms with Gasteiger partial charge >= 0.3 is 0 Å². The fourth-order valence-corrected chi connectivity index (χ4v) is 1.80. The Hall–Kier alpha value is -0.0800. The van der Waals surface area contributed by atoms with E-state index in [9.17, 15) is 0 Å². The van der Waals surface area contributed by atoms with E-state index in [0.29, 0.717) is 18.6 Å². The monoisotopic (exact) mass is 142 g/mol. The molecule has 0 aromatic carbocycles. The minimum atomic E-state index is 0.321. The SMILES string of the molecule is OCC1CCOC1C1CC1. The molecule has 1 heterocycles. The normalized spacial score (nSPS) is 40.5. The van der Waals surface area contributed by atoms with Gasteiger partial charge in [0.2, 0.25) is 0 Å². The van der Waals surface area contributed by atoms with Gasteiger partial charge in [-0.05, 0) is 25.2 Å². The molecule has 58 valence electrons. The maximum atomic E-state index is 8.93. The molecule has 1 saturated carbocycles. The van der Waals surface area contributed by atoms with Crippen LogP contribution in [-0.2, 0) is 4.74 Å². The minimum absolute atomic E-state index is 0.321. The first-order chi connectivity index (χ1) is 4.92. The quantitative estimate of drug-likeness (QED) is 0.617. The predicted octanol–water partition coefficient (Wildman–Crippen LogP) is 0.794. The molecule has 1 N–H and O–H groups in total. The van der Waals surface area contributed by atoms with Crippen molar-refractivity contribution in [2.24, 2.45) is 11.8 Å². The van der Waals surface area contributed by atoms with Crippen LogP contribution in [0.15, 0.2) is 0 Å². The first-order valence-corrected chi connectivity index (χ1v) is 4.14.